The van der Waals surface area contributed by atoms with Crippen molar-refractivity contribution in [1.29, 1.82) is 0 Å². The highest BCUT2D eigenvalue weighted by Crippen LogP contribution is 2.38. The van der Waals surface area contributed by atoms with Crippen molar-refractivity contribution in [1.82, 2.24) is 15.5 Å². The molecule has 7 heteroatoms. The fourth-order valence-corrected chi connectivity index (χ4v) is 4.12. The van der Waals surface area contributed by atoms with Crippen LogP contribution in [0.15, 0.2) is 6.07 Å². The fraction of sp³-hybridized carbons (Fsp3) is 0.692. The zero-order valence-electron chi connectivity index (χ0n) is 11.3. The molecule has 1 saturated heterocycles. The van der Waals surface area contributed by atoms with E-state index in [9.17, 15) is 13.2 Å². The number of sulfone groups is 1. The van der Waals surface area contributed by atoms with Crippen LogP contribution in [0.5, 0.6) is 0 Å². The molecule has 0 unspecified atom stereocenters. The molecular formula is C13H19N3O3S. The van der Waals surface area contributed by atoms with Gasteiger partial charge in [-0.25, -0.2) is 8.42 Å². The van der Waals surface area contributed by atoms with Gasteiger partial charge >= 0.3 is 0 Å². The van der Waals surface area contributed by atoms with Crippen molar-refractivity contribution < 1.29 is 13.2 Å². The molecule has 0 bridgehead atoms. The van der Waals surface area contributed by atoms with Gasteiger partial charge < -0.3 is 5.32 Å². The molecule has 2 N–H and O–H groups in total. The maximum Gasteiger partial charge on any atom is 0.271 e. The van der Waals surface area contributed by atoms with E-state index in [-0.39, 0.29) is 23.3 Å². The van der Waals surface area contributed by atoms with Gasteiger partial charge in [-0.05, 0) is 37.7 Å². The zero-order valence-corrected chi connectivity index (χ0v) is 12.1. The second kappa shape index (κ2) is 5.20. The van der Waals surface area contributed by atoms with E-state index < -0.39 is 9.84 Å². The smallest absolute Gasteiger partial charge is 0.271 e. The van der Waals surface area contributed by atoms with E-state index in [1.54, 1.807) is 0 Å². The summed E-state index contributed by atoms with van der Waals surface area (Å²) in [5, 5.41) is 9.79. The van der Waals surface area contributed by atoms with E-state index in [1.165, 1.54) is 12.8 Å². The molecule has 1 saturated carbocycles. The van der Waals surface area contributed by atoms with Crippen molar-refractivity contribution in [3.63, 3.8) is 0 Å². The first kappa shape index (κ1) is 13.6. The molecule has 1 amide bonds. The van der Waals surface area contributed by atoms with Crippen LogP contribution in [-0.2, 0) is 9.84 Å². The number of hydrogen-bond donors (Lipinski definition) is 2. The standard InChI is InChI=1S/C13H19N3O3S/c17-13(12-7-11(15-16-12)10-1-2-10)14-8-9-3-5-20(18,19)6-4-9/h7,9-10H,1-6,8H2,(H,14,17)(H,15,16). The lowest BCUT2D eigenvalue weighted by molar-refractivity contribution is 0.0941. The molecule has 3 rings (SSSR count). The van der Waals surface area contributed by atoms with Crippen molar-refractivity contribution in [2.75, 3.05) is 18.1 Å². The minimum atomic E-state index is -2.84. The quantitative estimate of drug-likeness (QED) is 0.861. The Labute approximate surface area is 118 Å². The first-order valence-corrected chi connectivity index (χ1v) is 8.89. The van der Waals surface area contributed by atoms with E-state index in [1.807, 2.05) is 6.07 Å². The molecule has 2 fully saturated rings. The van der Waals surface area contributed by atoms with Gasteiger partial charge in [-0.1, -0.05) is 0 Å². The number of rotatable bonds is 4. The first-order chi connectivity index (χ1) is 9.53. The normalized spacial score (nSPS) is 22.6. The summed E-state index contributed by atoms with van der Waals surface area (Å²) in [7, 11) is -2.84. The number of nitrogens with zero attached hydrogens (tertiary/aromatic N) is 1. The maximum absolute atomic E-state index is 12.0. The highest BCUT2D eigenvalue weighted by Gasteiger charge is 2.27. The van der Waals surface area contributed by atoms with Crippen LogP contribution in [0.2, 0.25) is 0 Å². The van der Waals surface area contributed by atoms with Gasteiger partial charge in [0.2, 0.25) is 0 Å². The summed E-state index contributed by atoms with van der Waals surface area (Å²) < 4.78 is 22.7. The lowest BCUT2D eigenvalue weighted by atomic mass is 10.0. The minimum Gasteiger partial charge on any atom is -0.350 e. The number of carbonyl (C=O) groups is 1. The van der Waals surface area contributed by atoms with Crippen molar-refractivity contribution in [2.45, 2.75) is 31.6 Å². The fourth-order valence-electron chi connectivity index (χ4n) is 2.53. The van der Waals surface area contributed by atoms with Crippen molar-refractivity contribution in [3.05, 3.63) is 17.5 Å². The Morgan fingerprint density at radius 3 is 2.65 bits per heavy atom. The molecule has 6 nitrogen and oxygen atoms in total. The van der Waals surface area contributed by atoms with Crippen LogP contribution in [0.1, 0.15) is 47.8 Å². The molecule has 0 atom stereocenters. The maximum atomic E-state index is 12.0. The van der Waals surface area contributed by atoms with Gasteiger partial charge in [0.15, 0.2) is 0 Å². The Morgan fingerprint density at radius 1 is 1.30 bits per heavy atom. The third kappa shape index (κ3) is 3.20. The monoisotopic (exact) mass is 297 g/mol. The summed E-state index contributed by atoms with van der Waals surface area (Å²) in [4.78, 5) is 12.0. The predicted octanol–water partition coefficient (Wildman–Crippen LogP) is 0.842. The second-order valence-corrected chi connectivity index (χ2v) is 8.09. The summed E-state index contributed by atoms with van der Waals surface area (Å²) in [6.45, 7) is 0.528. The number of carbonyl (C=O) groups excluding carboxylic acids is 1. The van der Waals surface area contributed by atoms with Gasteiger partial charge in [0.25, 0.3) is 5.91 Å². The molecule has 2 aliphatic rings. The van der Waals surface area contributed by atoms with Gasteiger partial charge in [-0.2, -0.15) is 5.10 Å². The van der Waals surface area contributed by atoms with E-state index in [0.29, 0.717) is 31.0 Å². The third-order valence-electron chi connectivity index (χ3n) is 4.07. The van der Waals surface area contributed by atoms with Crippen LogP contribution in [0, 0.1) is 5.92 Å². The zero-order chi connectivity index (χ0) is 14.2. The number of aromatic amines is 1. The molecule has 0 spiro atoms. The number of nitrogens with one attached hydrogen (secondary N) is 2. The molecule has 0 radical (unpaired) electrons. The molecule has 2 heterocycles. The van der Waals surface area contributed by atoms with Gasteiger partial charge in [0.1, 0.15) is 15.5 Å². The number of H-pyrrole nitrogens is 1. The third-order valence-corrected chi connectivity index (χ3v) is 5.79. The molecule has 1 aliphatic heterocycles. The number of aromatic nitrogens is 2. The summed E-state index contributed by atoms with van der Waals surface area (Å²) in [6, 6.07) is 1.82. The van der Waals surface area contributed by atoms with Crippen LogP contribution in [-0.4, -0.2) is 42.6 Å². The summed E-state index contributed by atoms with van der Waals surface area (Å²) >= 11 is 0. The van der Waals surface area contributed by atoms with Crippen molar-refractivity contribution in [3.8, 4) is 0 Å². The van der Waals surface area contributed by atoms with Crippen LogP contribution in [0.4, 0.5) is 0 Å². The van der Waals surface area contributed by atoms with E-state index >= 15 is 0 Å². The van der Waals surface area contributed by atoms with Gasteiger partial charge in [0.05, 0.1) is 11.5 Å². The second-order valence-electron chi connectivity index (χ2n) is 5.79. The Hall–Kier alpha value is -1.37. The lowest BCUT2D eigenvalue weighted by Crippen LogP contribution is -2.34. The van der Waals surface area contributed by atoms with E-state index in [4.69, 9.17) is 0 Å². The SMILES string of the molecule is O=C(NCC1CCS(=O)(=O)CC1)c1cc(C2CC2)[nH]n1. The molecule has 1 aliphatic carbocycles. The van der Waals surface area contributed by atoms with Crippen molar-refractivity contribution in [2.24, 2.45) is 5.92 Å². The van der Waals surface area contributed by atoms with Crippen molar-refractivity contribution >= 4 is 15.7 Å². The van der Waals surface area contributed by atoms with Gasteiger partial charge in [-0.15, -0.1) is 0 Å². The highest BCUT2D eigenvalue weighted by atomic mass is 32.2. The molecule has 20 heavy (non-hydrogen) atoms. The molecule has 1 aromatic rings. The van der Waals surface area contributed by atoms with E-state index in [2.05, 4.69) is 15.5 Å². The summed E-state index contributed by atoms with van der Waals surface area (Å²) in [5.74, 6) is 1.10. The van der Waals surface area contributed by atoms with E-state index in [0.717, 1.165) is 5.69 Å². The Balaban J connectivity index is 1.49. The lowest BCUT2D eigenvalue weighted by Gasteiger charge is -2.21. The number of amides is 1. The molecule has 0 aromatic carbocycles. The molecule has 1 aromatic heterocycles. The Kier molecular flexibility index (Phi) is 3.54. The average Bonchev–Trinajstić information content (AvgIpc) is 3.15. The minimum absolute atomic E-state index is 0.179. The topological polar surface area (TPSA) is 91.9 Å². The highest BCUT2D eigenvalue weighted by molar-refractivity contribution is 7.91. The summed E-state index contributed by atoms with van der Waals surface area (Å²) in [6.07, 6.45) is 3.60. The summed E-state index contributed by atoms with van der Waals surface area (Å²) in [5.41, 5.74) is 1.47. The Bertz CT molecular complexity index is 590. The number of hydrogen-bond acceptors (Lipinski definition) is 4. The van der Waals surface area contributed by atoms with Gasteiger partial charge in [-0.3, -0.25) is 9.89 Å². The van der Waals surface area contributed by atoms with Crippen LogP contribution in [0.3, 0.4) is 0 Å². The average molecular weight is 297 g/mol. The van der Waals surface area contributed by atoms with Crippen LogP contribution < -0.4 is 5.32 Å². The Morgan fingerprint density at radius 2 is 2.00 bits per heavy atom. The van der Waals surface area contributed by atoms with Crippen LogP contribution in [0.25, 0.3) is 0 Å². The first-order valence-electron chi connectivity index (χ1n) is 7.07. The largest absolute Gasteiger partial charge is 0.350 e. The van der Waals surface area contributed by atoms with Crippen LogP contribution >= 0.6 is 0 Å². The predicted molar refractivity (Wildman–Crippen MR) is 74.3 cm³/mol. The molecular weight excluding hydrogens is 278 g/mol. The molecule has 110 valence electrons. The van der Waals surface area contributed by atoms with Gasteiger partial charge in [0, 0.05) is 18.2 Å².